The van der Waals surface area contributed by atoms with Crippen LogP contribution in [-0.2, 0) is 6.54 Å². The van der Waals surface area contributed by atoms with Crippen molar-refractivity contribution in [1.29, 1.82) is 0 Å². The molecule has 0 saturated heterocycles. The highest BCUT2D eigenvalue weighted by Gasteiger charge is 2.33. The highest BCUT2D eigenvalue weighted by Crippen LogP contribution is 2.28. The Morgan fingerprint density at radius 3 is 2.76 bits per heavy atom. The van der Waals surface area contributed by atoms with Crippen LogP contribution in [0.2, 0.25) is 0 Å². The molecule has 6 nitrogen and oxygen atoms in total. The molecule has 1 aromatic heterocycles. The first-order valence-electron chi connectivity index (χ1n) is 5.45. The fraction of sp³-hybridized carbons (Fsp3) is 0.700. The number of hydrogen-bond acceptors (Lipinski definition) is 4. The summed E-state index contributed by atoms with van der Waals surface area (Å²) in [5, 5.41) is 10.2. The lowest BCUT2D eigenvalue weighted by molar-refractivity contribution is 0.371. The molecule has 0 radical (unpaired) electrons. The highest BCUT2D eigenvalue weighted by atomic mass is 127. The zero-order chi connectivity index (χ0) is 11.5. The molecule has 1 fully saturated rings. The summed E-state index contributed by atoms with van der Waals surface area (Å²) in [6.45, 7) is 4.51. The maximum atomic E-state index is 4.99. The summed E-state index contributed by atoms with van der Waals surface area (Å²) in [7, 11) is 1.75. The molecular weight excluding hydrogens is 333 g/mol. The molecule has 0 aliphatic heterocycles. The first kappa shape index (κ1) is 14.2. The van der Waals surface area contributed by atoms with E-state index in [9.17, 15) is 0 Å². The van der Waals surface area contributed by atoms with Crippen LogP contribution in [0.5, 0.6) is 0 Å². The average Bonchev–Trinajstić information content (AvgIpc) is 2.78. The van der Waals surface area contributed by atoms with Crippen molar-refractivity contribution in [3.05, 3.63) is 11.7 Å². The van der Waals surface area contributed by atoms with Crippen LogP contribution in [0.1, 0.15) is 25.1 Å². The minimum atomic E-state index is 0. The van der Waals surface area contributed by atoms with Crippen molar-refractivity contribution in [3.8, 4) is 0 Å². The van der Waals surface area contributed by atoms with Crippen molar-refractivity contribution >= 4 is 29.9 Å². The first-order valence-corrected chi connectivity index (χ1v) is 5.45. The van der Waals surface area contributed by atoms with E-state index >= 15 is 0 Å². The summed E-state index contributed by atoms with van der Waals surface area (Å²) in [5.74, 6) is 2.74. The quantitative estimate of drug-likeness (QED) is 0.484. The van der Waals surface area contributed by atoms with E-state index in [1.165, 1.54) is 6.42 Å². The van der Waals surface area contributed by atoms with E-state index in [1.807, 2.05) is 0 Å². The number of nitrogens with zero attached hydrogens (tertiary/aromatic N) is 3. The normalized spacial score (nSPS) is 22.9. The van der Waals surface area contributed by atoms with E-state index in [2.05, 4.69) is 32.7 Å². The number of nitrogens with one attached hydrogen (secondary N) is 2. The van der Waals surface area contributed by atoms with Crippen molar-refractivity contribution in [1.82, 2.24) is 20.8 Å². The number of halogens is 1. The van der Waals surface area contributed by atoms with Gasteiger partial charge in [0.1, 0.15) is 0 Å². The second-order valence-corrected chi connectivity index (χ2v) is 4.12. The number of guanidine groups is 1. The molecule has 96 valence electrons. The Labute approximate surface area is 118 Å². The number of rotatable bonds is 3. The van der Waals surface area contributed by atoms with E-state index in [-0.39, 0.29) is 24.0 Å². The molecule has 2 N–H and O–H groups in total. The Bertz CT molecular complexity index is 392. The molecule has 0 aromatic carbocycles. The van der Waals surface area contributed by atoms with Gasteiger partial charge in [0.05, 0.1) is 6.54 Å². The molecule has 0 amide bonds. The number of aryl methyl sites for hydroxylation is 1. The van der Waals surface area contributed by atoms with Crippen molar-refractivity contribution in [2.24, 2.45) is 10.9 Å². The first-order chi connectivity index (χ1) is 7.69. The fourth-order valence-corrected chi connectivity index (χ4v) is 1.46. The standard InChI is InChI=1S/C10H17N5O.HI/c1-6-4-8(6)14-10(11-3)12-5-9-13-7(2)15-16-9;/h6,8H,4-5H2,1-3H3,(H2,11,12,14);1H. The topological polar surface area (TPSA) is 75.3 Å². The Morgan fingerprint density at radius 2 is 2.29 bits per heavy atom. The van der Waals surface area contributed by atoms with Gasteiger partial charge in [-0.1, -0.05) is 12.1 Å². The molecule has 1 aliphatic rings. The van der Waals surface area contributed by atoms with E-state index in [0.29, 0.717) is 24.3 Å². The maximum absolute atomic E-state index is 4.99. The number of hydrogen-bond donors (Lipinski definition) is 2. The van der Waals surface area contributed by atoms with Crippen LogP contribution in [0.3, 0.4) is 0 Å². The lowest BCUT2D eigenvalue weighted by Crippen LogP contribution is -2.38. The second kappa shape index (κ2) is 6.18. The molecule has 1 saturated carbocycles. The molecule has 2 rings (SSSR count). The van der Waals surface area contributed by atoms with Crippen molar-refractivity contribution in [2.45, 2.75) is 32.9 Å². The summed E-state index contributed by atoms with van der Waals surface area (Å²) in [4.78, 5) is 8.23. The molecule has 1 heterocycles. The molecule has 17 heavy (non-hydrogen) atoms. The van der Waals surface area contributed by atoms with Gasteiger partial charge in [-0.15, -0.1) is 24.0 Å². The van der Waals surface area contributed by atoms with Gasteiger partial charge in [-0.3, -0.25) is 4.99 Å². The predicted octanol–water partition coefficient (Wildman–Crippen LogP) is 1.07. The Balaban J connectivity index is 0.00000144. The zero-order valence-electron chi connectivity index (χ0n) is 10.2. The van der Waals surface area contributed by atoms with Crippen LogP contribution >= 0.6 is 24.0 Å². The van der Waals surface area contributed by atoms with Gasteiger partial charge in [-0.2, -0.15) is 4.98 Å². The molecule has 0 spiro atoms. The average molecular weight is 351 g/mol. The van der Waals surface area contributed by atoms with E-state index < -0.39 is 0 Å². The van der Waals surface area contributed by atoms with Crippen molar-refractivity contribution in [3.63, 3.8) is 0 Å². The Morgan fingerprint density at radius 1 is 1.59 bits per heavy atom. The van der Waals surface area contributed by atoms with Gasteiger partial charge in [0.15, 0.2) is 11.8 Å². The zero-order valence-corrected chi connectivity index (χ0v) is 12.6. The van der Waals surface area contributed by atoms with Gasteiger partial charge in [-0.05, 0) is 19.3 Å². The van der Waals surface area contributed by atoms with Crippen LogP contribution in [0, 0.1) is 12.8 Å². The van der Waals surface area contributed by atoms with Gasteiger partial charge >= 0.3 is 0 Å². The van der Waals surface area contributed by atoms with E-state index in [1.54, 1.807) is 14.0 Å². The molecule has 2 atom stereocenters. The molecule has 0 bridgehead atoms. The smallest absolute Gasteiger partial charge is 0.246 e. The Hall–Kier alpha value is -0.860. The summed E-state index contributed by atoms with van der Waals surface area (Å²) in [5.41, 5.74) is 0. The van der Waals surface area contributed by atoms with Gasteiger partial charge in [-0.25, -0.2) is 0 Å². The minimum Gasteiger partial charge on any atom is -0.353 e. The third-order valence-corrected chi connectivity index (χ3v) is 2.63. The van der Waals surface area contributed by atoms with Crippen LogP contribution < -0.4 is 10.6 Å². The second-order valence-electron chi connectivity index (χ2n) is 4.12. The van der Waals surface area contributed by atoms with Crippen LogP contribution in [0.25, 0.3) is 0 Å². The summed E-state index contributed by atoms with van der Waals surface area (Å²) in [6.07, 6.45) is 1.21. The molecular formula is C10H18IN5O. The van der Waals surface area contributed by atoms with Gasteiger partial charge in [0, 0.05) is 13.1 Å². The van der Waals surface area contributed by atoms with Gasteiger partial charge in [0.25, 0.3) is 0 Å². The maximum Gasteiger partial charge on any atom is 0.246 e. The molecule has 1 aliphatic carbocycles. The molecule has 2 unspecified atom stereocenters. The van der Waals surface area contributed by atoms with Crippen molar-refractivity contribution < 1.29 is 4.52 Å². The van der Waals surface area contributed by atoms with E-state index in [4.69, 9.17) is 4.52 Å². The fourth-order valence-electron chi connectivity index (χ4n) is 1.46. The third kappa shape index (κ3) is 4.14. The predicted molar refractivity (Wildman–Crippen MR) is 75.4 cm³/mol. The monoisotopic (exact) mass is 351 g/mol. The third-order valence-electron chi connectivity index (χ3n) is 2.63. The molecule has 1 aromatic rings. The lowest BCUT2D eigenvalue weighted by Gasteiger charge is -2.09. The largest absolute Gasteiger partial charge is 0.353 e. The van der Waals surface area contributed by atoms with Crippen molar-refractivity contribution in [2.75, 3.05) is 7.05 Å². The molecule has 7 heteroatoms. The van der Waals surface area contributed by atoms with Gasteiger partial charge < -0.3 is 15.2 Å². The van der Waals surface area contributed by atoms with Crippen LogP contribution in [0.15, 0.2) is 9.52 Å². The van der Waals surface area contributed by atoms with E-state index in [0.717, 1.165) is 11.9 Å². The SMILES string of the molecule is CN=C(NCc1nc(C)no1)NC1CC1C.I. The lowest BCUT2D eigenvalue weighted by atomic mass is 10.5. The minimum absolute atomic E-state index is 0. The Kier molecular flexibility index (Phi) is 5.16. The highest BCUT2D eigenvalue weighted by molar-refractivity contribution is 14.0. The summed E-state index contributed by atoms with van der Waals surface area (Å²) < 4.78 is 4.99. The van der Waals surface area contributed by atoms with Crippen LogP contribution in [-0.4, -0.2) is 29.2 Å². The van der Waals surface area contributed by atoms with Gasteiger partial charge in [0.2, 0.25) is 5.89 Å². The number of aromatic nitrogens is 2. The summed E-state index contributed by atoms with van der Waals surface area (Å²) in [6, 6.07) is 0.552. The number of aliphatic imine (C=N–C) groups is 1. The van der Waals surface area contributed by atoms with Crippen LogP contribution in [0.4, 0.5) is 0 Å². The summed E-state index contributed by atoms with van der Waals surface area (Å²) >= 11 is 0.